The minimum absolute atomic E-state index is 0.215. The number of hydrogen-bond acceptors (Lipinski definition) is 2. The maximum atomic E-state index is 12.0. The molecule has 0 aliphatic heterocycles. The Morgan fingerprint density at radius 2 is 1.92 bits per heavy atom. The normalized spacial score (nSPS) is 13.8. The van der Waals surface area contributed by atoms with Gasteiger partial charge >= 0.3 is 7.99 Å². The monoisotopic (exact) mass is 210 g/mol. The first kappa shape index (κ1) is 12.5. The summed E-state index contributed by atoms with van der Waals surface area (Å²) in [5.74, 6) is 0. The highest BCUT2D eigenvalue weighted by molar-refractivity contribution is 7.47. The van der Waals surface area contributed by atoms with E-state index >= 15 is 0 Å². The molecule has 0 radical (unpaired) electrons. The van der Waals surface area contributed by atoms with Crippen LogP contribution in [-0.4, -0.2) is 6.10 Å². The molecule has 0 saturated heterocycles. The molecule has 0 aromatic heterocycles. The molecule has 0 rings (SSSR count). The summed E-state index contributed by atoms with van der Waals surface area (Å²) in [6, 6.07) is 0. The molecule has 1 atom stereocenters. The highest BCUT2D eigenvalue weighted by Crippen LogP contribution is 2.52. The number of hydrogen-bond donors (Lipinski definition) is 0. The van der Waals surface area contributed by atoms with Gasteiger partial charge in [0, 0.05) is 0 Å². The molecule has 2 nitrogen and oxygen atoms in total. The third kappa shape index (κ3) is 6.67. The van der Waals surface area contributed by atoms with Crippen molar-refractivity contribution >= 4 is 7.99 Å². The maximum Gasteiger partial charge on any atom is 0.552 e. The Bertz CT molecular complexity index is 257. The first-order chi connectivity index (χ1) is 5.72. The maximum absolute atomic E-state index is 12.0. The highest BCUT2D eigenvalue weighted by Gasteiger charge is 2.27. The Balaban J connectivity index is 4.36. The molecule has 0 amide bonds. The van der Waals surface area contributed by atoms with Gasteiger partial charge in [-0.3, -0.25) is 4.52 Å². The summed E-state index contributed by atoms with van der Waals surface area (Å²) in [6.07, 6.45) is -0.689. The van der Waals surface area contributed by atoms with Gasteiger partial charge in [-0.2, -0.15) is 0 Å². The lowest BCUT2D eigenvalue weighted by atomic mass is 10.1. The Hall–Kier alpha value is -0.470. The Morgan fingerprint density at radius 3 is 2.15 bits per heavy atom. The van der Waals surface area contributed by atoms with Crippen molar-refractivity contribution in [1.29, 1.82) is 0 Å². The molecule has 0 aromatic rings. The van der Waals surface area contributed by atoms with Gasteiger partial charge in [0.1, 0.15) is 0 Å². The average molecular weight is 210 g/mol. The average Bonchev–Trinajstić information content (AvgIpc) is 1.81. The summed E-state index contributed by atoms with van der Waals surface area (Å²) in [5, 5.41) is 0. The Labute approximate surface area is 77.0 Å². The molecule has 0 aliphatic carbocycles. The molecule has 0 spiro atoms. The number of halogens is 2. The summed E-state index contributed by atoms with van der Waals surface area (Å²) in [5.41, 5.74) is 1.10. The quantitative estimate of drug-likeness (QED) is 0.507. The van der Waals surface area contributed by atoms with Crippen LogP contribution in [0.2, 0.25) is 0 Å². The van der Waals surface area contributed by atoms with Gasteiger partial charge in [0.25, 0.3) is 0 Å². The van der Waals surface area contributed by atoms with Gasteiger partial charge in [0.15, 0.2) is 0 Å². The summed E-state index contributed by atoms with van der Waals surface area (Å²) in [6.45, 7) is 10.2. The Kier molecular flexibility index (Phi) is 4.51. The van der Waals surface area contributed by atoms with E-state index in [1.54, 1.807) is 13.8 Å². The lowest BCUT2D eigenvalue weighted by molar-refractivity contribution is 0.198. The van der Waals surface area contributed by atoms with Gasteiger partial charge in [-0.05, 0) is 20.3 Å². The van der Waals surface area contributed by atoms with E-state index in [4.69, 9.17) is 0 Å². The van der Waals surface area contributed by atoms with Gasteiger partial charge in [-0.15, -0.1) is 15.0 Å². The molecule has 0 aliphatic rings. The van der Waals surface area contributed by atoms with E-state index in [0.29, 0.717) is 11.1 Å². The van der Waals surface area contributed by atoms with Crippen molar-refractivity contribution in [3.8, 4) is 0 Å². The zero-order valence-electron chi connectivity index (χ0n) is 7.72. The predicted molar refractivity (Wildman–Crippen MR) is 48.9 cm³/mol. The standard InChI is InChI=1S/C8H13F2O2P/c1-6(2)5-8(7(3)4)12-13(9,10)11/h8H,1,3,5H2,2,4H3. The van der Waals surface area contributed by atoms with Gasteiger partial charge in [-0.1, -0.05) is 17.7 Å². The lowest BCUT2D eigenvalue weighted by Gasteiger charge is -2.16. The van der Waals surface area contributed by atoms with Gasteiger partial charge < -0.3 is 0 Å². The van der Waals surface area contributed by atoms with Crippen molar-refractivity contribution in [3.05, 3.63) is 24.3 Å². The van der Waals surface area contributed by atoms with Crippen molar-refractivity contribution in [2.75, 3.05) is 0 Å². The Morgan fingerprint density at radius 1 is 1.46 bits per heavy atom. The topological polar surface area (TPSA) is 26.3 Å². The second-order valence-corrected chi connectivity index (χ2v) is 4.06. The van der Waals surface area contributed by atoms with Crippen LogP contribution >= 0.6 is 7.99 Å². The fourth-order valence-corrected chi connectivity index (χ4v) is 1.32. The van der Waals surface area contributed by atoms with E-state index in [1.165, 1.54) is 0 Å². The third-order valence-electron chi connectivity index (χ3n) is 1.33. The molecule has 0 saturated carbocycles. The molecule has 0 bridgehead atoms. The fourth-order valence-electron chi connectivity index (χ4n) is 0.766. The van der Waals surface area contributed by atoms with E-state index in [1.807, 2.05) is 0 Å². The minimum atomic E-state index is -5.43. The first-order valence-corrected chi connectivity index (χ1v) is 5.10. The zero-order valence-corrected chi connectivity index (χ0v) is 8.61. The molecule has 1 unspecified atom stereocenters. The zero-order chi connectivity index (χ0) is 10.6. The fraction of sp³-hybridized carbons (Fsp3) is 0.500. The van der Waals surface area contributed by atoms with Crippen LogP contribution in [0.4, 0.5) is 8.39 Å². The summed E-state index contributed by atoms with van der Waals surface area (Å²) in [7, 11) is -5.43. The summed E-state index contributed by atoms with van der Waals surface area (Å²) >= 11 is 0. The van der Waals surface area contributed by atoms with E-state index in [-0.39, 0.29) is 6.42 Å². The van der Waals surface area contributed by atoms with Gasteiger partial charge in [0.2, 0.25) is 0 Å². The van der Waals surface area contributed by atoms with Crippen LogP contribution in [0.15, 0.2) is 24.3 Å². The molecule has 0 aromatic carbocycles. The van der Waals surface area contributed by atoms with Crippen LogP contribution in [0.5, 0.6) is 0 Å². The van der Waals surface area contributed by atoms with Crippen molar-refractivity contribution in [2.45, 2.75) is 26.4 Å². The van der Waals surface area contributed by atoms with Crippen molar-refractivity contribution in [3.63, 3.8) is 0 Å². The lowest BCUT2D eigenvalue weighted by Crippen LogP contribution is -2.11. The van der Waals surface area contributed by atoms with Crippen molar-refractivity contribution in [1.82, 2.24) is 0 Å². The van der Waals surface area contributed by atoms with Crippen LogP contribution in [0.25, 0.3) is 0 Å². The summed E-state index contributed by atoms with van der Waals surface area (Å²) in [4.78, 5) is 0. The van der Waals surface area contributed by atoms with Gasteiger partial charge in [0.05, 0.1) is 6.10 Å². The number of rotatable bonds is 5. The first-order valence-electron chi connectivity index (χ1n) is 3.70. The van der Waals surface area contributed by atoms with Crippen LogP contribution in [0.1, 0.15) is 20.3 Å². The van der Waals surface area contributed by atoms with E-state index in [9.17, 15) is 13.0 Å². The minimum Gasteiger partial charge on any atom is -0.272 e. The predicted octanol–water partition coefficient (Wildman–Crippen LogP) is 3.96. The van der Waals surface area contributed by atoms with E-state index in [0.717, 1.165) is 0 Å². The molecule has 76 valence electrons. The molecular weight excluding hydrogens is 197 g/mol. The largest absolute Gasteiger partial charge is 0.552 e. The third-order valence-corrected chi connectivity index (χ3v) is 1.83. The molecule has 0 N–H and O–H groups in total. The van der Waals surface area contributed by atoms with Gasteiger partial charge in [-0.25, -0.2) is 4.57 Å². The van der Waals surface area contributed by atoms with Crippen molar-refractivity contribution < 1.29 is 17.5 Å². The van der Waals surface area contributed by atoms with E-state index in [2.05, 4.69) is 17.7 Å². The highest BCUT2D eigenvalue weighted by atomic mass is 31.2. The molecule has 0 heterocycles. The van der Waals surface area contributed by atoms with Crippen LogP contribution < -0.4 is 0 Å². The van der Waals surface area contributed by atoms with Crippen LogP contribution in [0.3, 0.4) is 0 Å². The summed E-state index contributed by atoms with van der Waals surface area (Å²) < 4.78 is 38.2. The second kappa shape index (κ2) is 4.68. The second-order valence-electron chi connectivity index (χ2n) is 3.02. The smallest absolute Gasteiger partial charge is 0.272 e. The molecule has 0 fully saturated rings. The van der Waals surface area contributed by atoms with Crippen LogP contribution in [-0.2, 0) is 9.09 Å². The van der Waals surface area contributed by atoms with Crippen molar-refractivity contribution in [2.24, 2.45) is 0 Å². The molecule has 13 heavy (non-hydrogen) atoms. The SMILES string of the molecule is C=C(C)CC(OP(=O)(F)F)C(=C)C. The van der Waals surface area contributed by atoms with E-state index < -0.39 is 14.1 Å². The van der Waals surface area contributed by atoms with Crippen LogP contribution in [0, 0.1) is 0 Å². The molecular formula is C8H13F2O2P. The molecule has 5 heteroatoms.